The van der Waals surface area contributed by atoms with Crippen LogP contribution in [0.4, 0.5) is 0 Å². The van der Waals surface area contributed by atoms with Gasteiger partial charge in [-0.2, -0.15) is 0 Å². The highest BCUT2D eigenvalue weighted by atomic mass is 32.1. The van der Waals surface area contributed by atoms with E-state index in [-0.39, 0.29) is 0 Å². The molecule has 1 aromatic heterocycles. The first-order valence-corrected chi connectivity index (χ1v) is 6.87. The van der Waals surface area contributed by atoms with E-state index in [1.165, 1.54) is 25.8 Å². The van der Waals surface area contributed by atoms with E-state index in [4.69, 9.17) is 0 Å². The molecule has 1 aliphatic rings. The quantitative estimate of drug-likeness (QED) is 0.880. The van der Waals surface area contributed by atoms with E-state index >= 15 is 0 Å². The molecule has 16 heavy (non-hydrogen) atoms. The molecule has 1 fully saturated rings. The van der Waals surface area contributed by atoms with Crippen LogP contribution in [0.3, 0.4) is 0 Å². The van der Waals surface area contributed by atoms with Crippen molar-refractivity contribution in [3.05, 3.63) is 16.1 Å². The Morgan fingerprint density at radius 1 is 1.62 bits per heavy atom. The smallest absolute Gasteiger partial charge is 0.0945 e. The third kappa shape index (κ3) is 2.81. The normalized spacial score (nSPS) is 24.6. The molecule has 1 N–H and O–H groups in total. The lowest BCUT2D eigenvalue weighted by atomic mass is 10.0. The van der Waals surface area contributed by atoms with E-state index in [2.05, 4.69) is 16.9 Å². The predicted octanol–water partition coefficient (Wildman–Crippen LogP) is 2.22. The zero-order valence-electron chi connectivity index (χ0n) is 10.0. The number of piperidine rings is 1. The number of nitrogens with zero attached hydrogens (tertiary/aromatic N) is 2. The van der Waals surface area contributed by atoms with Crippen LogP contribution in [0.1, 0.15) is 43.0 Å². The fourth-order valence-electron chi connectivity index (χ4n) is 2.21. The van der Waals surface area contributed by atoms with Gasteiger partial charge < -0.3 is 10.0 Å². The first-order chi connectivity index (χ1) is 7.66. The minimum Gasteiger partial charge on any atom is -0.387 e. The zero-order chi connectivity index (χ0) is 11.5. The van der Waals surface area contributed by atoms with E-state index in [1.54, 1.807) is 18.3 Å². The molecule has 1 aromatic rings. The van der Waals surface area contributed by atoms with Crippen molar-refractivity contribution in [2.45, 2.75) is 44.8 Å². The van der Waals surface area contributed by atoms with Gasteiger partial charge in [0.15, 0.2) is 0 Å². The number of likely N-dealkylation sites (tertiary alicyclic amines) is 1. The van der Waals surface area contributed by atoms with Crippen molar-refractivity contribution in [3.8, 4) is 0 Å². The molecule has 0 spiro atoms. The second-order valence-electron chi connectivity index (χ2n) is 4.68. The number of aliphatic hydroxyl groups is 1. The Balaban J connectivity index is 1.97. The van der Waals surface area contributed by atoms with E-state index in [0.717, 1.165) is 17.1 Å². The van der Waals surface area contributed by atoms with Gasteiger partial charge in [-0.25, -0.2) is 4.98 Å². The number of likely N-dealkylation sites (N-methyl/N-ethyl adjacent to an activating group) is 1. The Hall–Kier alpha value is -0.450. The summed E-state index contributed by atoms with van der Waals surface area (Å²) in [5.41, 5.74) is 0.818. The van der Waals surface area contributed by atoms with Gasteiger partial charge in [0.05, 0.1) is 16.8 Å². The van der Waals surface area contributed by atoms with Gasteiger partial charge >= 0.3 is 0 Å². The summed E-state index contributed by atoms with van der Waals surface area (Å²) in [5, 5.41) is 12.6. The summed E-state index contributed by atoms with van der Waals surface area (Å²) in [6.07, 6.45) is 4.54. The Morgan fingerprint density at radius 3 is 3.06 bits per heavy atom. The third-order valence-electron chi connectivity index (χ3n) is 3.33. The van der Waals surface area contributed by atoms with Crippen molar-refractivity contribution >= 4 is 11.3 Å². The fourth-order valence-corrected chi connectivity index (χ4v) is 3.17. The minimum atomic E-state index is -0.436. The lowest BCUT2D eigenvalue weighted by Gasteiger charge is -2.31. The van der Waals surface area contributed by atoms with Crippen LogP contribution >= 0.6 is 11.3 Å². The number of rotatable bonds is 3. The monoisotopic (exact) mass is 240 g/mol. The molecule has 1 saturated heterocycles. The van der Waals surface area contributed by atoms with Gasteiger partial charge in [0.1, 0.15) is 0 Å². The standard InChI is InChI=1S/C12H20N2OS/c1-9(15)11-8-16-12(13-11)7-10-5-3-4-6-14(10)2/h8-10,15H,3-7H2,1-2H3. The highest BCUT2D eigenvalue weighted by molar-refractivity contribution is 7.09. The topological polar surface area (TPSA) is 36.4 Å². The Bertz CT molecular complexity index is 338. The van der Waals surface area contributed by atoms with Crippen molar-refractivity contribution in [2.75, 3.05) is 13.6 Å². The maximum atomic E-state index is 9.43. The molecule has 4 heteroatoms. The molecule has 3 nitrogen and oxygen atoms in total. The molecule has 2 atom stereocenters. The van der Waals surface area contributed by atoms with Gasteiger partial charge in [-0.3, -0.25) is 0 Å². The van der Waals surface area contributed by atoms with Crippen LogP contribution in [0.25, 0.3) is 0 Å². The van der Waals surface area contributed by atoms with Gasteiger partial charge in [-0.15, -0.1) is 11.3 Å². The fraction of sp³-hybridized carbons (Fsp3) is 0.750. The summed E-state index contributed by atoms with van der Waals surface area (Å²) in [5.74, 6) is 0. The van der Waals surface area contributed by atoms with Gasteiger partial charge in [-0.05, 0) is 33.4 Å². The van der Waals surface area contributed by atoms with Crippen molar-refractivity contribution in [3.63, 3.8) is 0 Å². The second kappa shape index (κ2) is 5.25. The predicted molar refractivity (Wildman–Crippen MR) is 66.7 cm³/mol. The van der Waals surface area contributed by atoms with Crippen LogP contribution in [0.5, 0.6) is 0 Å². The second-order valence-corrected chi connectivity index (χ2v) is 5.62. The summed E-state index contributed by atoms with van der Waals surface area (Å²) in [4.78, 5) is 6.92. The lowest BCUT2D eigenvalue weighted by molar-refractivity contribution is 0.183. The van der Waals surface area contributed by atoms with E-state index in [1.807, 2.05) is 5.38 Å². The van der Waals surface area contributed by atoms with Gasteiger partial charge in [0, 0.05) is 17.8 Å². The maximum Gasteiger partial charge on any atom is 0.0945 e. The summed E-state index contributed by atoms with van der Waals surface area (Å²) < 4.78 is 0. The Labute approximate surface area is 101 Å². The van der Waals surface area contributed by atoms with Crippen molar-refractivity contribution in [1.82, 2.24) is 9.88 Å². The van der Waals surface area contributed by atoms with E-state index in [9.17, 15) is 5.11 Å². The summed E-state index contributed by atoms with van der Waals surface area (Å²) >= 11 is 1.68. The Morgan fingerprint density at radius 2 is 2.44 bits per heavy atom. The molecule has 0 bridgehead atoms. The number of hydrogen-bond acceptors (Lipinski definition) is 4. The van der Waals surface area contributed by atoms with Gasteiger partial charge in [-0.1, -0.05) is 6.42 Å². The molecule has 2 rings (SSSR count). The van der Waals surface area contributed by atoms with Crippen LogP contribution in [0.15, 0.2) is 5.38 Å². The molecule has 90 valence electrons. The lowest BCUT2D eigenvalue weighted by Crippen LogP contribution is -2.37. The molecule has 1 aliphatic heterocycles. The van der Waals surface area contributed by atoms with Gasteiger partial charge in [0.25, 0.3) is 0 Å². The Kier molecular flexibility index (Phi) is 3.95. The molecule has 2 heterocycles. The summed E-state index contributed by atoms with van der Waals surface area (Å²) in [6, 6.07) is 0.641. The van der Waals surface area contributed by atoms with E-state index < -0.39 is 6.10 Å². The van der Waals surface area contributed by atoms with Crippen LogP contribution in [-0.2, 0) is 6.42 Å². The van der Waals surface area contributed by atoms with Crippen LogP contribution in [0, 0.1) is 0 Å². The summed E-state index contributed by atoms with van der Waals surface area (Å²) in [6.45, 7) is 2.98. The van der Waals surface area contributed by atoms with Crippen LogP contribution < -0.4 is 0 Å². The molecular formula is C12H20N2OS. The van der Waals surface area contributed by atoms with E-state index in [0.29, 0.717) is 6.04 Å². The SMILES string of the molecule is CC(O)c1csc(CC2CCCCN2C)n1. The molecule has 0 saturated carbocycles. The largest absolute Gasteiger partial charge is 0.387 e. The van der Waals surface area contributed by atoms with Crippen molar-refractivity contribution < 1.29 is 5.11 Å². The molecular weight excluding hydrogens is 220 g/mol. The molecule has 0 amide bonds. The molecule has 2 unspecified atom stereocenters. The average molecular weight is 240 g/mol. The number of thiazole rings is 1. The summed E-state index contributed by atoms with van der Waals surface area (Å²) in [7, 11) is 2.20. The molecule has 0 radical (unpaired) electrons. The first-order valence-electron chi connectivity index (χ1n) is 5.99. The van der Waals surface area contributed by atoms with Crippen molar-refractivity contribution in [1.29, 1.82) is 0 Å². The van der Waals surface area contributed by atoms with Crippen LogP contribution in [-0.4, -0.2) is 34.6 Å². The number of aromatic nitrogens is 1. The first kappa shape index (κ1) is 12.0. The third-order valence-corrected chi connectivity index (χ3v) is 4.22. The van der Waals surface area contributed by atoms with Crippen LogP contribution in [0.2, 0.25) is 0 Å². The average Bonchev–Trinajstić information content (AvgIpc) is 2.70. The highest BCUT2D eigenvalue weighted by Gasteiger charge is 2.20. The van der Waals surface area contributed by atoms with Gasteiger partial charge in [0.2, 0.25) is 0 Å². The molecule has 0 aromatic carbocycles. The van der Waals surface area contributed by atoms with Crippen molar-refractivity contribution in [2.24, 2.45) is 0 Å². The number of aliphatic hydroxyl groups excluding tert-OH is 1. The minimum absolute atomic E-state index is 0.436. The number of hydrogen-bond donors (Lipinski definition) is 1. The molecule has 0 aliphatic carbocycles. The zero-order valence-corrected chi connectivity index (χ0v) is 10.8. The highest BCUT2D eigenvalue weighted by Crippen LogP contribution is 2.22. The maximum absolute atomic E-state index is 9.43.